The Bertz CT molecular complexity index is 926. The summed E-state index contributed by atoms with van der Waals surface area (Å²) in [6.45, 7) is 2.14. The number of carbonyl (C=O) groups is 1. The zero-order chi connectivity index (χ0) is 19.2. The molecular weight excluding hydrogens is 376 g/mol. The molecule has 1 saturated heterocycles. The average Bonchev–Trinajstić information content (AvgIpc) is 3.22. The number of hydrogen-bond acceptors (Lipinski definition) is 7. The Labute approximate surface area is 166 Å². The molecule has 0 spiro atoms. The second-order valence-corrected chi connectivity index (χ2v) is 7.34. The van der Waals surface area contributed by atoms with E-state index in [1.54, 1.807) is 30.7 Å². The van der Waals surface area contributed by atoms with Gasteiger partial charge in [0.05, 0.1) is 12.3 Å². The third-order valence-corrected chi connectivity index (χ3v) is 5.24. The summed E-state index contributed by atoms with van der Waals surface area (Å²) in [6, 6.07) is 7.10. The highest BCUT2D eigenvalue weighted by Crippen LogP contribution is 2.25. The van der Waals surface area contributed by atoms with E-state index in [1.807, 2.05) is 17.5 Å². The van der Waals surface area contributed by atoms with Crippen LogP contribution >= 0.6 is 11.3 Å². The monoisotopic (exact) mass is 396 g/mol. The summed E-state index contributed by atoms with van der Waals surface area (Å²) in [5, 5.41) is 5.25. The molecular formula is C20H20N4O3S. The molecule has 0 radical (unpaired) electrons. The summed E-state index contributed by atoms with van der Waals surface area (Å²) < 4.78 is 11.1. The van der Waals surface area contributed by atoms with Crippen molar-refractivity contribution in [2.24, 2.45) is 5.92 Å². The van der Waals surface area contributed by atoms with E-state index in [0.717, 1.165) is 37.3 Å². The minimum Gasteiger partial charge on any atom is -0.477 e. The van der Waals surface area contributed by atoms with Crippen molar-refractivity contribution in [1.82, 2.24) is 15.0 Å². The predicted octanol–water partition coefficient (Wildman–Crippen LogP) is 3.66. The zero-order valence-corrected chi connectivity index (χ0v) is 16.0. The molecule has 8 heteroatoms. The van der Waals surface area contributed by atoms with Crippen molar-refractivity contribution in [1.29, 1.82) is 0 Å². The summed E-state index contributed by atoms with van der Waals surface area (Å²) in [7, 11) is 0. The maximum atomic E-state index is 12.6. The van der Waals surface area contributed by atoms with Crippen LogP contribution in [-0.2, 0) is 4.74 Å². The van der Waals surface area contributed by atoms with Crippen LogP contribution in [0.1, 0.15) is 23.2 Å². The van der Waals surface area contributed by atoms with Gasteiger partial charge in [0.15, 0.2) is 5.13 Å². The molecule has 0 saturated carbocycles. The van der Waals surface area contributed by atoms with Gasteiger partial charge in [-0.3, -0.25) is 15.1 Å². The number of aromatic nitrogens is 3. The number of carbonyl (C=O) groups excluding carboxylic acids is 1. The molecule has 4 heterocycles. The lowest BCUT2D eigenvalue weighted by Crippen LogP contribution is -2.21. The van der Waals surface area contributed by atoms with E-state index in [9.17, 15) is 4.79 Å². The Hall–Kier alpha value is -2.84. The third kappa shape index (κ3) is 4.71. The highest BCUT2D eigenvalue weighted by atomic mass is 32.1. The first-order chi connectivity index (χ1) is 13.8. The smallest absolute Gasteiger partial charge is 0.257 e. The molecule has 1 fully saturated rings. The fourth-order valence-corrected chi connectivity index (χ4v) is 3.61. The lowest BCUT2D eigenvalue weighted by atomic mass is 10.0. The average molecular weight is 396 g/mol. The Morgan fingerprint density at radius 1 is 1.29 bits per heavy atom. The highest BCUT2D eigenvalue weighted by Gasteiger charge is 2.16. The van der Waals surface area contributed by atoms with Crippen LogP contribution in [0.4, 0.5) is 5.13 Å². The minimum atomic E-state index is -0.245. The molecule has 1 aliphatic heterocycles. The van der Waals surface area contributed by atoms with E-state index in [2.05, 4.69) is 20.3 Å². The number of rotatable bonds is 6. The fourth-order valence-electron chi connectivity index (χ4n) is 2.89. The van der Waals surface area contributed by atoms with Gasteiger partial charge in [-0.05, 0) is 37.0 Å². The van der Waals surface area contributed by atoms with Crippen molar-refractivity contribution in [2.45, 2.75) is 12.8 Å². The molecule has 0 aliphatic carbocycles. The number of ether oxygens (including phenoxy) is 2. The summed E-state index contributed by atoms with van der Waals surface area (Å²) in [5.74, 6) is 0.675. The molecule has 4 rings (SSSR count). The first kappa shape index (κ1) is 18.5. The number of hydrogen-bond donors (Lipinski definition) is 1. The van der Waals surface area contributed by atoms with Gasteiger partial charge >= 0.3 is 0 Å². The van der Waals surface area contributed by atoms with Gasteiger partial charge in [0.2, 0.25) is 5.88 Å². The molecule has 1 N–H and O–H groups in total. The van der Waals surface area contributed by atoms with Gasteiger partial charge < -0.3 is 9.47 Å². The summed E-state index contributed by atoms with van der Waals surface area (Å²) >= 11 is 1.37. The molecule has 0 aromatic carbocycles. The van der Waals surface area contributed by atoms with Crippen molar-refractivity contribution in [3.05, 3.63) is 53.8 Å². The minimum absolute atomic E-state index is 0.245. The van der Waals surface area contributed by atoms with E-state index < -0.39 is 0 Å². The quantitative estimate of drug-likeness (QED) is 0.684. The first-order valence-corrected chi connectivity index (χ1v) is 10.00. The van der Waals surface area contributed by atoms with Crippen LogP contribution in [0, 0.1) is 5.92 Å². The first-order valence-electron chi connectivity index (χ1n) is 9.12. The Morgan fingerprint density at radius 3 is 3.00 bits per heavy atom. The van der Waals surface area contributed by atoms with Crippen LogP contribution in [0.25, 0.3) is 11.3 Å². The fraction of sp³-hybridized carbons (Fsp3) is 0.300. The molecule has 0 atom stereocenters. The van der Waals surface area contributed by atoms with Crippen molar-refractivity contribution < 1.29 is 14.3 Å². The largest absolute Gasteiger partial charge is 0.477 e. The molecule has 144 valence electrons. The molecule has 28 heavy (non-hydrogen) atoms. The topological polar surface area (TPSA) is 86.2 Å². The van der Waals surface area contributed by atoms with Gasteiger partial charge in [0.25, 0.3) is 5.91 Å². The van der Waals surface area contributed by atoms with E-state index in [0.29, 0.717) is 29.1 Å². The lowest BCUT2D eigenvalue weighted by molar-refractivity contribution is 0.0490. The number of nitrogens with zero attached hydrogens (tertiary/aromatic N) is 3. The Morgan fingerprint density at radius 2 is 2.18 bits per heavy atom. The van der Waals surface area contributed by atoms with Gasteiger partial charge in [-0.2, -0.15) is 0 Å². The normalized spacial score (nSPS) is 14.6. The van der Waals surface area contributed by atoms with Crippen LogP contribution in [0.5, 0.6) is 5.88 Å². The highest BCUT2D eigenvalue weighted by molar-refractivity contribution is 7.14. The third-order valence-electron chi connectivity index (χ3n) is 4.49. The predicted molar refractivity (Wildman–Crippen MR) is 107 cm³/mol. The number of nitrogens with one attached hydrogen (secondary N) is 1. The van der Waals surface area contributed by atoms with Gasteiger partial charge in [-0.1, -0.05) is 0 Å². The van der Waals surface area contributed by atoms with E-state index in [4.69, 9.17) is 9.47 Å². The molecule has 1 aliphatic rings. The van der Waals surface area contributed by atoms with Crippen LogP contribution in [-0.4, -0.2) is 40.7 Å². The van der Waals surface area contributed by atoms with Crippen LogP contribution in [0.3, 0.4) is 0 Å². The maximum absolute atomic E-state index is 12.6. The standard InChI is InChI=1S/C20H20N4O3S/c25-19(24-20-23-17(13-28-20)16-2-1-6-21-11-16)15-3-7-22-18(10-15)27-12-14-4-8-26-9-5-14/h1-3,6-7,10-11,13-14H,4-5,8-9,12H2,(H,23,24,25). The molecule has 3 aromatic heterocycles. The van der Waals surface area contributed by atoms with Crippen molar-refractivity contribution in [2.75, 3.05) is 25.1 Å². The molecule has 0 bridgehead atoms. The van der Waals surface area contributed by atoms with Gasteiger partial charge in [-0.15, -0.1) is 11.3 Å². The van der Waals surface area contributed by atoms with E-state index in [1.165, 1.54) is 11.3 Å². The SMILES string of the molecule is O=C(Nc1nc(-c2cccnc2)cs1)c1ccnc(OCC2CCOCC2)c1. The second-order valence-electron chi connectivity index (χ2n) is 6.48. The number of amides is 1. The molecule has 0 unspecified atom stereocenters. The van der Waals surface area contributed by atoms with E-state index in [-0.39, 0.29) is 5.91 Å². The summed E-state index contributed by atoms with van der Waals surface area (Å²) in [5.41, 5.74) is 2.17. The molecule has 3 aromatic rings. The van der Waals surface area contributed by atoms with Crippen LogP contribution in [0.2, 0.25) is 0 Å². The Kier molecular flexibility index (Phi) is 5.89. The van der Waals surface area contributed by atoms with Gasteiger partial charge in [0, 0.05) is 54.4 Å². The van der Waals surface area contributed by atoms with Gasteiger partial charge in [-0.25, -0.2) is 9.97 Å². The zero-order valence-electron chi connectivity index (χ0n) is 15.2. The maximum Gasteiger partial charge on any atom is 0.257 e. The molecule has 7 nitrogen and oxygen atoms in total. The lowest BCUT2D eigenvalue weighted by Gasteiger charge is -2.21. The van der Waals surface area contributed by atoms with Crippen LogP contribution in [0.15, 0.2) is 48.2 Å². The van der Waals surface area contributed by atoms with Crippen molar-refractivity contribution in [3.63, 3.8) is 0 Å². The van der Waals surface area contributed by atoms with Crippen LogP contribution < -0.4 is 10.1 Å². The number of pyridine rings is 2. The van der Waals surface area contributed by atoms with Crippen molar-refractivity contribution >= 4 is 22.4 Å². The summed E-state index contributed by atoms with van der Waals surface area (Å²) in [4.78, 5) is 25.3. The van der Waals surface area contributed by atoms with Crippen molar-refractivity contribution in [3.8, 4) is 17.1 Å². The number of anilines is 1. The van der Waals surface area contributed by atoms with E-state index >= 15 is 0 Å². The second kappa shape index (κ2) is 8.90. The van der Waals surface area contributed by atoms with Gasteiger partial charge in [0.1, 0.15) is 0 Å². The molecule has 1 amide bonds. The summed E-state index contributed by atoms with van der Waals surface area (Å²) in [6.07, 6.45) is 7.01. The number of thiazole rings is 1. The Balaban J connectivity index is 1.37.